The number of halogens is 1. The normalized spacial score (nSPS) is 10.9. The summed E-state index contributed by atoms with van der Waals surface area (Å²) >= 11 is 5.91. The molecule has 0 unspecified atom stereocenters. The highest BCUT2D eigenvalue weighted by molar-refractivity contribution is 6.31. The maximum Gasteiger partial charge on any atom is 0.277 e. The zero-order valence-electron chi connectivity index (χ0n) is 19.3. The zero-order chi connectivity index (χ0) is 24.8. The zero-order valence-corrected chi connectivity index (χ0v) is 20.1. The van der Waals surface area contributed by atoms with Gasteiger partial charge in [-0.1, -0.05) is 11.6 Å². The van der Waals surface area contributed by atoms with Gasteiger partial charge >= 0.3 is 0 Å². The van der Waals surface area contributed by atoms with E-state index in [9.17, 15) is 9.59 Å². The van der Waals surface area contributed by atoms with Crippen molar-refractivity contribution in [2.75, 3.05) is 38.7 Å². The van der Waals surface area contributed by atoms with Gasteiger partial charge in [0.1, 0.15) is 12.3 Å². The van der Waals surface area contributed by atoms with Crippen molar-refractivity contribution in [3.63, 3.8) is 0 Å². The molecule has 0 radical (unpaired) electrons. The number of aryl methyl sites for hydroxylation is 1. The third kappa shape index (κ3) is 5.29. The molecule has 0 atom stereocenters. The van der Waals surface area contributed by atoms with Crippen LogP contribution in [0.1, 0.15) is 23.2 Å². The summed E-state index contributed by atoms with van der Waals surface area (Å²) in [7, 11) is 3.41. The minimum atomic E-state index is -0.567. The maximum absolute atomic E-state index is 12.8. The number of carbonyl (C=O) groups excluding carboxylic acids is 2. The number of nitrogens with zero attached hydrogens (tertiary/aromatic N) is 4. The van der Waals surface area contributed by atoms with E-state index in [2.05, 4.69) is 25.9 Å². The number of ether oxygens (including phenoxy) is 1. The number of nitrogens with one attached hydrogen (secondary N) is 3. The van der Waals surface area contributed by atoms with Crippen LogP contribution in [-0.2, 0) is 24.4 Å². The molecule has 34 heavy (non-hydrogen) atoms. The van der Waals surface area contributed by atoms with Gasteiger partial charge in [0.05, 0.1) is 13.7 Å². The van der Waals surface area contributed by atoms with Crippen LogP contribution in [0.3, 0.4) is 0 Å². The molecule has 12 nitrogen and oxygen atoms in total. The van der Waals surface area contributed by atoms with Crippen molar-refractivity contribution in [2.45, 2.75) is 26.6 Å². The van der Waals surface area contributed by atoms with E-state index in [1.807, 2.05) is 41.3 Å². The smallest absolute Gasteiger partial charge is 0.277 e. The Labute approximate surface area is 201 Å². The van der Waals surface area contributed by atoms with Crippen molar-refractivity contribution in [3.8, 4) is 5.75 Å². The van der Waals surface area contributed by atoms with Crippen molar-refractivity contribution in [1.29, 1.82) is 0 Å². The molecule has 2 aromatic heterocycles. The summed E-state index contributed by atoms with van der Waals surface area (Å²) in [5.74, 6) is 0.480. The average molecular weight is 491 g/mol. The lowest BCUT2D eigenvalue weighted by atomic mass is 10.3. The molecule has 2 amide bonds. The molecule has 0 saturated heterocycles. The first kappa shape index (κ1) is 25.0. The molecule has 0 saturated carbocycles. The molecule has 3 rings (SSSR count). The third-order valence-electron chi connectivity index (χ3n) is 5.23. The lowest BCUT2D eigenvalue weighted by molar-refractivity contribution is -0.667. The topological polar surface area (TPSA) is 166 Å². The van der Waals surface area contributed by atoms with E-state index < -0.39 is 5.91 Å². The minimum Gasteiger partial charge on any atom is -0.497 e. The number of hydrogen-bond donors (Lipinski definition) is 5. The molecular weight excluding hydrogens is 462 g/mol. The fourth-order valence-corrected chi connectivity index (χ4v) is 3.72. The molecule has 0 aliphatic carbocycles. The number of nitrogen functional groups attached to an aromatic ring is 2. The Morgan fingerprint density at radius 3 is 2.62 bits per heavy atom. The summed E-state index contributed by atoms with van der Waals surface area (Å²) in [6, 6.07) is 5.60. The standard InChI is InChI=1S/C21H28ClN9O3/c1-4-30-14-9-12(34-3)5-6-13(14)31(11-15(32)26-8-7-25-2)16(30)10-27-21(33)17-19(23)29-20(24)18(22)28-17/h5-6,9,25H,4,7-8,10-11H2,1-3H3,(H5-,23,24,26,27,29,32,33)/p+1. The van der Waals surface area contributed by atoms with Gasteiger partial charge in [-0.25, -0.2) is 19.1 Å². The summed E-state index contributed by atoms with van der Waals surface area (Å²) in [6.45, 7) is 3.89. The fourth-order valence-electron chi connectivity index (χ4n) is 3.60. The van der Waals surface area contributed by atoms with Crippen LogP contribution in [0, 0.1) is 0 Å². The second-order valence-electron chi connectivity index (χ2n) is 7.37. The van der Waals surface area contributed by atoms with E-state index in [4.69, 9.17) is 27.8 Å². The van der Waals surface area contributed by atoms with Crippen LogP contribution in [0.4, 0.5) is 11.6 Å². The van der Waals surface area contributed by atoms with Crippen molar-refractivity contribution in [3.05, 3.63) is 34.9 Å². The molecule has 1 aromatic carbocycles. The van der Waals surface area contributed by atoms with E-state index in [-0.39, 0.29) is 41.5 Å². The number of nitrogens with two attached hydrogens (primary N) is 2. The van der Waals surface area contributed by atoms with Gasteiger partial charge in [-0.05, 0) is 26.1 Å². The van der Waals surface area contributed by atoms with Crippen LogP contribution < -0.4 is 36.7 Å². The molecule has 0 fully saturated rings. The summed E-state index contributed by atoms with van der Waals surface area (Å²) in [5.41, 5.74) is 13.0. The Balaban J connectivity index is 1.96. The lowest BCUT2D eigenvalue weighted by Gasteiger charge is -2.09. The Kier molecular flexibility index (Phi) is 8.08. The second-order valence-corrected chi connectivity index (χ2v) is 7.73. The highest BCUT2D eigenvalue weighted by Crippen LogP contribution is 2.22. The first-order valence-electron chi connectivity index (χ1n) is 10.7. The van der Waals surface area contributed by atoms with Crippen molar-refractivity contribution in [1.82, 2.24) is 30.5 Å². The van der Waals surface area contributed by atoms with Crippen molar-refractivity contribution < 1.29 is 18.9 Å². The largest absolute Gasteiger partial charge is 0.497 e. The van der Waals surface area contributed by atoms with Crippen LogP contribution in [0.5, 0.6) is 5.75 Å². The monoisotopic (exact) mass is 490 g/mol. The summed E-state index contributed by atoms with van der Waals surface area (Å²) < 4.78 is 9.24. The number of likely N-dealkylation sites (N-methyl/N-ethyl adjacent to an activating group) is 1. The van der Waals surface area contributed by atoms with Gasteiger partial charge < -0.3 is 32.2 Å². The Morgan fingerprint density at radius 1 is 1.18 bits per heavy atom. The van der Waals surface area contributed by atoms with Gasteiger partial charge in [0.25, 0.3) is 17.6 Å². The number of amides is 2. The molecule has 13 heteroatoms. The first-order valence-corrected chi connectivity index (χ1v) is 11.0. The number of imidazole rings is 1. The highest BCUT2D eigenvalue weighted by atomic mass is 35.5. The molecular formula is C21H29ClN9O3+. The molecule has 0 aliphatic heterocycles. The average Bonchev–Trinajstić information content (AvgIpc) is 3.11. The van der Waals surface area contributed by atoms with Gasteiger partial charge in [0.2, 0.25) is 0 Å². The predicted molar refractivity (Wildman–Crippen MR) is 128 cm³/mol. The van der Waals surface area contributed by atoms with Gasteiger partial charge in [0, 0.05) is 19.2 Å². The van der Waals surface area contributed by atoms with Crippen molar-refractivity contribution >= 4 is 46.1 Å². The van der Waals surface area contributed by atoms with E-state index in [1.54, 1.807) is 7.11 Å². The van der Waals surface area contributed by atoms with Gasteiger partial charge in [-0.2, -0.15) is 0 Å². The van der Waals surface area contributed by atoms with Gasteiger partial charge in [-0.15, -0.1) is 0 Å². The fraction of sp³-hybridized carbons (Fsp3) is 0.381. The number of hydrogen-bond acceptors (Lipinski definition) is 8. The number of benzene rings is 1. The van der Waals surface area contributed by atoms with E-state index >= 15 is 0 Å². The molecule has 2 heterocycles. The van der Waals surface area contributed by atoms with E-state index in [0.29, 0.717) is 31.2 Å². The molecule has 0 aliphatic rings. The van der Waals surface area contributed by atoms with Crippen LogP contribution >= 0.6 is 11.6 Å². The van der Waals surface area contributed by atoms with Crippen LogP contribution in [-0.4, -0.2) is 53.6 Å². The third-order valence-corrected chi connectivity index (χ3v) is 5.51. The van der Waals surface area contributed by atoms with Crippen LogP contribution in [0.2, 0.25) is 5.15 Å². The predicted octanol–water partition coefficient (Wildman–Crippen LogP) is -0.169. The highest BCUT2D eigenvalue weighted by Gasteiger charge is 2.27. The van der Waals surface area contributed by atoms with E-state index in [1.165, 1.54) is 0 Å². The minimum absolute atomic E-state index is 0.0575. The number of rotatable bonds is 10. The Morgan fingerprint density at radius 2 is 1.94 bits per heavy atom. The number of aromatic nitrogens is 4. The van der Waals surface area contributed by atoms with Gasteiger partial charge in [-0.3, -0.25) is 9.59 Å². The van der Waals surface area contributed by atoms with Gasteiger partial charge in [0.15, 0.2) is 40.1 Å². The van der Waals surface area contributed by atoms with Crippen LogP contribution in [0.25, 0.3) is 11.0 Å². The molecule has 0 spiro atoms. The van der Waals surface area contributed by atoms with Crippen molar-refractivity contribution in [2.24, 2.45) is 0 Å². The SMILES string of the molecule is CCn1c(CNC(=O)c2nc(Cl)c(N)nc2N)[n+](CC(=O)NCCNC)c2ccc(OC)cc21. The summed E-state index contributed by atoms with van der Waals surface area (Å²) in [5, 5.41) is 8.56. The molecule has 3 aromatic rings. The first-order chi connectivity index (χ1) is 16.3. The Hall–Kier alpha value is -3.64. The summed E-state index contributed by atoms with van der Waals surface area (Å²) in [4.78, 5) is 33.2. The molecule has 0 bridgehead atoms. The van der Waals surface area contributed by atoms with E-state index in [0.717, 1.165) is 11.0 Å². The van der Waals surface area contributed by atoms with Crippen LogP contribution in [0.15, 0.2) is 18.2 Å². The Bertz CT molecular complexity index is 1210. The number of carbonyl (C=O) groups is 2. The second kappa shape index (κ2) is 11.0. The molecule has 182 valence electrons. The number of methoxy groups -OCH3 is 1. The number of anilines is 2. The molecule has 7 N–H and O–H groups in total. The lowest BCUT2D eigenvalue weighted by Crippen LogP contribution is -2.48. The summed E-state index contributed by atoms with van der Waals surface area (Å²) in [6.07, 6.45) is 0. The maximum atomic E-state index is 12.8. The number of fused-ring (bicyclic) bond motifs is 1. The quantitative estimate of drug-likeness (QED) is 0.193.